The number of unbranched alkanes of at least 4 members (excludes halogenated alkanes) is 2. The summed E-state index contributed by atoms with van der Waals surface area (Å²) in [7, 11) is 0. The fourth-order valence-corrected chi connectivity index (χ4v) is 14.9. The molecule has 2 saturated carbocycles. The van der Waals surface area contributed by atoms with Gasteiger partial charge in [-0.1, -0.05) is 95.3 Å². The molecule has 3 N–H and O–H groups in total. The van der Waals surface area contributed by atoms with Gasteiger partial charge >= 0.3 is 0 Å². The molecular weight excluding hydrogens is 1050 g/mol. The molecular formula is C61H77BrN8O6S. The van der Waals surface area contributed by atoms with Crippen LogP contribution >= 0.6 is 27.3 Å². The first-order chi connectivity index (χ1) is 37.1. The van der Waals surface area contributed by atoms with Gasteiger partial charge in [0.2, 0.25) is 17.7 Å². The van der Waals surface area contributed by atoms with Crippen LogP contribution in [0.5, 0.6) is 0 Å². The third-order valence-corrected chi connectivity index (χ3v) is 19.8. The molecule has 5 fully saturated rings. The maximum atomic E-state index is 14.7. The predicted octanol–water partition coefficient (Wildman–Crippen LogP) is 9.35. The minimum absolute atomic E-state index is 0.0308. The van der Waals surface area contributed by atoms with Crippen LogP contribution in [0.1, 0.15) is 151 Å². The number of thiazole rings is 1. The molecule has 16 heteroatoms. The number of nitrogens with zero attached hydrogens (tertiary/aromatic N) is 6. The summed E-state index contributed by atoms with van der Waals surface area (Å²) >= 11 is 5.26. The van der Waals surface area contributed by atoms with Gasteiger partial charge in [0.05, 0.1) is 68.9 Å². The number of aromatic nitrogens is 3. The van der Waals surface area contributed by atoms with E-state index in [9.17, 15) is 24.3 Å². The van der Waals surface area contributed by atoms with Gasteiger partial charge in [-0.05, 0) is 146 Å². The Morgan fingerprint density at radius 3 is 2.36 bits per heavy atom. The number of aliphatic hydroxyl groups excluding tert-OH is 1. The van der Waals surface area contributed by atoms with E-state index in [0.29, 0.717) is 31.1 Å². The van der Waals surface area contributed by atoms with Crippen LogP contribution in [0.15, 0.2) is 75.4 Å². The second kappa shape index (κ2) is 22.4. The largest absolute Gasteiger partial charge is 0.391 e. The number of likely N-dealkylation sites (tertiary alicyclic amines) is 2. The number of piperidine rings is 1. The molecule has 0 unspecified atom stereocenters. The summed E-state index contributed by atoms with van der Waals surface area (Å²) in [4.78, 5) is 73.8. The number of β-amino-alcohol motifs (C(OH)–C–C–N with tert-alkyl or cyclic N) is 1. The monoisotopic (exact) mass is 1130 g/mol. The third kappa shape index (κ3) is 11.0. The summed E-state index contributed by atoms with van der Waals surface area (Å²) in [6.45, 7) is 14.5. The lowest BCUT2D eigenvalue weighted by Crippen LogP contribution is -2.59. The molecule has 77 heavy (non-hydrogen) atoms. The number of carbonyl (C=O) groups is 3. The third-order valence-electron chi connectivity index (χ3n) is 18.2. The fraction of sp³-hybridized carbons (Fsp3) is 0.574. The number of morpholine rings is 1. The van der Waals surface area contributed by atoms with Gasteiger partial charge in [0, 0.05) is 37.1 Å². The molecule has 14 nitrogen and oxygen atoms in total. The normalized spacial score (nSPS) is 22.2. The van der Waals surface area contributed by atoms with Crippen LogP contribution in [0.25, 0.3) is 27.0 Å². The van der Waals surface area contributed by atoms with Crippen molar-refractivity contribution in [3.8, 4) is 16.1 Å². The van der Waals surface area contributed by atoms with Gasteiger partial charge in [0.25, 0.3) is 5.56 Å². The van der Waals surface area contributed by atoms with E-state index in [4.69, 9.17) is 9.72 Å². The molecule has 4 aliphatic heterocycles. The molecule has 6 aliphatic rings. The number of aliphatic hydroxyl groups is 1. The van der Waals surface area contributed by atoms with Crippen molar-refractivity contribution in [2.75, 3.05) is 59.0 Å². The van der Waals surface area contributed by atoms with Crippen LogP contribution in [0, 0.1) is 17.8 Å². The number of fused-ring (bicyclic) bond motifs is 7. The first-order valence-electron chi connectivity index (χ1n) is 28.6. The first kappa shape index (κ1) is 54.1. The Kier molecular flexibility index (Phi) is 15.7. The maximum Gasteiger partial charge on any atom is 0.281 e. The Labute approximate surface area is 465 Å². The summed E-state index contributed by atoms with van der Waals surface area (Å²) in [5.41, 5.74) is 8.22. The van der Waals surface area contributed by atoms with E-state index < -0.39 is 29.0 Å². The van der Waals surface area contributed by atoms with Crippen molar-refractivity contribution in [1.29, 1.82) is 0 Å². The van der Waals surface area contributed by atoms with Crippen molar-refractivity contribution >= 4 is 55.9 Å². The topological polar surface area (TPSA) is 162 Å². The van der Waals surface area contributed by atoms with E-state index in [-0.39, 0.29) is 47.7 Å². The van der Waals surface area contributed by atoms with Crippen molar-refractivity contribution < 1.29 is 24.2 Å². The number of hydrogen-bond acceptors (Lipinski definition) is 11. The molecule has 0 radical (unpaired) electrons. The number of nitrogens with one attached hydrogen (secondary N) is 2. The number of hydrogen-bond donors (Lipinski definition) is 3. The summed E-state index contributed by atoms with van der Waals surface area (Å²) in [5, 5.41) is 18.3. The highest BCUT2D eigenvalue weighted by atomic mass is 79.9. The molecule has 3 aromatic carbocycles. The molecule has 3 saturated heterocycles. The predicted molar refractivity (Wildman–Crippen MR) is 305 cm³/mol. The Morgan fingerprint density at radius 2 is 1.66 bits per heavy atom. The van der Waals surface area contributed by atoms with E-state index in [2.05, 4.69) is 94.4 Å². The first-order valence-corrected chi connectivity index (χ1v) is 30.3. The lowest BCUT2D eigenvalue weighted by molar-refractivity contribution is -0.145. The van der Waals surface area contributed by atoms with E-state index in [1.807, 2.05) is 45.3 Å². The molecule has 4 atom stereocenters. The van der Waals surface area contributed by atoms with Crippen molar-refractivity contribution in [3.05, 3.63) is 109 Å². The highest BCUT2D eigenvalue weighted by Gasteiger charge is 2.54. The molecule has 1 spiro atoms. The highest BCUT2D eigenvalue weighted by Crippen LogP contribution is 2.53. The molecule has 5 aromatic rings. The van der Waals surface area contributed by atoms with Crippen LogP contribution in [-0.2, 0) is 24.5 Å². The zero-order valence-corrected chi connectivity index (χ0v) is 47.9. The van der Waals surface area contributed by atoms with Crippen molar-refractivity contribution in [3.63, 3.8) is 0 Å². The zero-order chi connectivity index (χ0) is 53.6. The number of aryl methyl sites for hydroxylation is 1. The van der Waals surface area contributed by atoms with E-state index in [1.54, 1.807) is 11.3 Å². The standard InChI is InChI=1S/C61H77BrN8O6S/c1-39-52(77-38-63-39)42-17-15-41(16-18-42)47(64-54(72)50-35-44(71)36-69(50)56(74)53(59(2,3)4)65-58(75)60(25-26-60)37-68-30-32-76-33-31-68)13-7-5-10-27-67-28-21-40(22-29-67)43-19-20-48-45(34-43)61(23-8-6-9-24-61)57-66-55(73)51-46(62)12-11-14-49(51)70(48)57/h11-12,14-20,34,38,40,44,47,50,53,71H,5-10,13,21-33,35-37H2,1-4H3,(H,64,72)(H,65,75)/t44-,47-,50+,53+/m0/s1. The number of benzene rings is 3. The Balaban J connectivity index is 0.727. The van der Waals surface area contributed by atoms with E-state index in [0.717, 1.165) is 147 Å². The minimum atomic E-state index is -0.876. The summed E-state index contributed by atoms with van der Waals surface area (Å²) < 4.78 is 8.62. The van der Waals surface area contributed by atoms with Crippen LogP contribution < -0.4 is 16.2 Å². The smallest absolute Gasteiger partial charge is 0.281 e. The SMILES string of the molecule is Cc1ncsc1-c1ccc([C@H](CCCCCN2CCC(c3ccc4c(c3)C3(CCCCC3)c3nc(=O)c5c(Br)cccc5n3-4)CC2)NC(=O)[C@H]2C[C@H](O)CN2C(=O)[C@@H](NC(=O)C2(CN3CCOCC3)CC2)C(C)(C)C)cc1. The van der Waals surface area contributed by atoms with E-state index >= 15 is 0 Å². The average Bonchev–Trinajstić information content (AvgIpc) is 4.06. The van der Waals surface area contributed by atoms with Gasteiger partial charge in [-0.3, -0.25) is 28.6 Å². The molecule has 410 valence electrons. The molecule has 11 rings (SSSR count). The van der Waals surface area contributed by atoms with Crippen LogP contribution in [0.3, 0.4) is 0 Å². The lowest BCUT2D eigenvalue weighted by atomic mass is 9.69. The molecule has 0 bridgehead atoms. The Hall–Kier alpha value is -4.84. The van der Waals surface area contributed by atoms with Gasteiger partial charge < -0.3 is 30.3 Å². The van der Waals surface area contributed by atoms with Gasteiger partial charge in [0.1, 0.15) is 17.9 Å². The Morgan fingerprint density at radius 1 is 0.909 bits per heavy atom. The highest BCUT2D eigenvalue weighted by molar-refractivity contribution is 9.10. The van der Waals surface area contributed by atoms with Crippen molar-refractivity contribution in [2.24, 2.45) is 10.8 Å². The molecule has 2 aliphatic carbocycles. The lowest BCUT2D eigenvalue weighted by Gasteiger charge is -2.37. The quantitative estimate of drug-likeness (QED) is 0.0813. The number of amides is 3. The van der Waals surface area contributed by atoms with Gasteiger partial charge in [0.15, 0.2) is 0 Å². The van der Waals surface area contributed by atoms with Crippen molar-refractivity contribution in [2.45, 2.75) is 153 Å². The van der Waals surface area contributed by atoms with Gasteiger partial charge in [-0.2, -0.15) is 4.98 Å². The Bertz CT molecular complexity index is 3040. The number of rotatable bonds is 16. The summed E-state index contributed by atoms with van der Waals surface area (Å²) in [6, 6.07) is 19.5. The van der Waals surface area contributed by atoms with Gasteiger partial charge in [-0.15, -0.1) is 11.3 Å². The zero-order valence-electron chi connectivity index (χ0n) is 45.5. The van der Waals surface area contributed by atoms with Crippen LogP contribution in [0.4, 0.5) is 0 Å². The summed E-state index contributed by atoms with van der Waals surface area (Å²) in [6.07, 6.45) is 12.2. The minimum Gasteiger partial charge on any atom is -0.391 e. The molecule has 6 heterocycles. The average molecular weight is 1130 g/mol. The fourth-order valence-electron chi connectivity index (χ4n) is 13.5. The van der Waals surface area contributed by atoms with Gasteiger partial charge in [-0.25, -0.2) is 4.98 Å². The number of ether oxygens (including phenoxy) is 1. The second-order valence-corrected chi connectivity index (χ2v) is 26.1. The molecule has 3 amide bonds. The van der Waals surface area contributed by atoms with Crippen LogP contribution in [0.2, 0.25) is 0 Å². The maximum absolute atomic E-state index is 14.7. The second-order valence-electron chi connectivity index (χ2n) is 24.4. The number of halogens is 1. The number of carbonyl (C=O) groups excluding carboxylic acids is 3. The van der Waals surface area contributed by atoms with Crippen molar-refractivity contribution in [1.82, 2.24) is 39.9 Å². The van der Waals surface area contributed by atoms with E-state index in [1.165, 1.54) is 28.1 Å². The molecule has 2 aromatic heterocycles. The summed E-state index contributed by atoms with van der Waals surface area (Å²) in [5.74, 6) is 0.660. The van der Waals surface area contributed by atoms with Crippen LogP contribution in [-0.4, -0.2) is 129 Å².